The van der Waals surface area contributed by atoms with E-state index >= 15 is 0 Å². The van der Waals surface area contributed by atoms with E-state index in [1.807, 2.05) is 18.0 Å². The van der Waals surface area contributed by atoms with Crippen molar-refractivity contribution in [3.8, 4) is 0 Å². The fraction of sp³-hybridized carbons (Fsp3) is 0.571. The van der Waals surface area contributed by atoms with Crippen molar-refractivity contribution in [2.45, 2.75) is 12.2 Å². The predicted molar refractivity (Wildman–Crippen MR) is 48.5 cm³/mol. The normalized spacial score (nSPS) is 13.3. The Morgan fingerprint density at radius 2 is 2.64 bits per heavy atom. The number of aromatic nitrogens is 2. The Bertz CT molecular complexity index is 186. The van der Waals surface area contributed by atoms with Gasteiger partial charge in [-0.2, -0.15) is 11.8 Å². The monoisotopic (exact) mass is 171 g/mol. The van der Waals surface area contributed by atoms with E-state index in [9.17, 15) is 0 Å². The molecule has 0 aliphatic rings. The summed E-state index contributed by atoms with van der Waals surface area (Å²) >= 11 is 1.83. The number of hydrogen-bond donors (Lipinski definition) is 2. The van der Waals surface area contributed by atoms with Gasteiger partial charge in [-0.1, -0.05) is 0 Å². The highest BCUT2D eigenvalue weighted by atomic mass is 32.2. The van der Waals surface area contributed by atoms with Gasteiger partial charge < -0.3 is 10.7 Å². The Morgan fingerprint density at radius 3 is 3.18 bits per heavy atom. The van der Waals surface area contributed by atoms with Gasteiger partial charge in [-0.05, 0) is 6.92 Å². The van der Waals surface area contributed by atoms with Crippen LogP contribution in [0.1, 0.15) is 17.9 Å². The van der Waals surface area contributed by atoms with Gasteiger partial charge in [-0.3, -0.25) is 0 Å². The smallest absolute Gasteiger partial charge is 0.0923 e. The number of rotatable bonds is 4. The van der Waals surface area contributed by atoms with Crippen LogP contribution in [0, 0.1) is 0 Å². The van der Waals surface area contributed by atoms with E-state index in [4.69, 9.17) is 5.73 Å². The van der Waals surface area contributed by atoms with Gasteiger partial charge in [0.05, 0.1) is 12.0 Å². The van der Waals surface area contributed by atoms with Gasteiger partial charge in [0.2, 0.25) is 0 Å². The number of thioether (sulfide) groups is 1. The zero-order valence-electron chi connectivity index (χ0n) is 6.58. The molecule has 0 aliphatic carbocycles. The molecule has 1 unspecified atom stereocenters. The van der Waals surface area contributed by atoms with Crippen LogP contribution in [0.5, 0.6) is 0 Å². The second-order valence-corrected chi connectivity index (χ2v) is 3.74. The second kappa shape index (κ2) is 4.41. The van der Waals surface area contributed by atoms with Crippen molar-refractivity contribution in [2.75, 3.05) is 12.3 Å². The maximum Gasteiger partial charge on any atom is 0.0923 e. The van der Waals surface area contributed by atoms with Gasteiger partial charge in [0.25, 0.3) is 0 Å². The van der Waals surface area contributed by atoms with Crippen LogP contribution in [0.4, 0.5) is 0 Å². The van der Waals surface area contributed by atoms with Crippen molar-refractivity contribution < 1.29 is 0 Å². The summed E-state index contributed by atoms with van der Waals surface area (Å²) < 4.78 is 0. The van der Waals surface area contributed by atoms with Crippen molar-refractivity contribution in [1.82, 2.24) is 9.97 Å². The van der Waals surface area contributed by atoms with E-state index < -0.39 is 0 Å². The summed E-state index contributed by atoms with van der Waals surface area (Å²) in [4.78, 5) is 7.08. The number of nitrogens with two attached hydrogens (primary N) is 1. The fourth-order valence-corrected chi connectivity index (χ4v) is 1.61. The highest BCUT2D eigenvalue weighted by Gasteiger charge is 2.05. The molecule has 3 nitrogen and oxygen atoms in total. The number of imidazole rings is 1. The van der Waals surface area contributed by atoms with Gasteiger partial charge in [-0.25, -0.2) is 4.98 Å². The van der Waals surface area contributed by atoms with E-state index in [2.05, 4.69) is 16.9 Å². The topological polar surface area (TPSA) is 54.7 Å². The van der Waals surface area contributed by atoms with E-state index in [-0.39, 0.29) is 0 Å². The van der Waals surface area contributed by atoms with Gasteiger partial charge in [-0.15, -0.1) is 0 Å². The molecule has 0 radical (unpaired) electrons. The minimum Gasteiger partial charge on any atom is -0.351 e. The van der Waals surface area contributed by atoms with Crippen LogP contribution in [0.2, 0.25) is 0 Å². The Morgan fingerprint density at radius 1 is 1.82 bits per heavy atom. The molecule has 4 heteroatoms. The average molecular weight is 171 g/mol. The predicted octanol–water partition coefficient (Wildman–Crippen LogP) is 1.16. The lowest BCUT2D eigenvalue weighted by Gasteiger charge is -2.05. The summed E-state index contributed by atoms with van der Waals surface area (Å²) in [5, 5.41) is 0.449. The molecule has 0 spiro atoms. The van der Waals surface area contributed by atoms with Crippen molar-refractivity contribution in [2.24, 2.45) is 5.73 Å². The Balaban J connectivity index is 2.36. The zero-order valence-corrected chi connectivity index (χ0v) is 7.40. The quantitative estimate of drug-likeness (QED) is 0.715. The van der Waals surface area contributed by atoms with Crippen molar-refractivity contribution in [3.05, 3.63) is 18.2 Å². The SMILES string of the molecule is CC(SCCN)c1c[nH]cn1. The molecule has 1 rings (SSSR count). The number of aromatic amines is 1. The fourth-order valence-electron chi connectivity index (χ4n) is 0.824. The summed E-state index contributed by atoms with van der Waals surface area (Å²) in [6.07, 6.45) is 3.63. The first-order valence-electron chi connectivity index (χ1n) is 3.65. The van der Waals surface area contributed by atoms with Gasteiger partial charge >= 0.3 is 0 Å². The van der Waals surface area contributed by atoms with Gasteiger partial charge in [0, 0.05) is 23.7 Å². The van der Waals surface area contributed by atoms with Crippen molar-refractivity contribution in [3.63, 3.8) is 0 Å². The first-order valence-corrected chi connectivity index (χ1v) is 4.70. The summed E-state index contributed by atoms with van der Waals surface area (Å²) in [5.41, 5.74) is 6.48. The van der Waals surface area contributed by atoms with E-state index in [0.717, 1.165) is 18.0 Å². The van der Waals surface area contributed by atoms with E-state index in [1.165, 1.54) is 0 Å². The first kappa shape index (κ1) is 8.62. The van der Waals surface area contributed by atoms with Crippen LogP contribution in [0.3, 0.4) is 0 Å². The summed E-state index contributed by atoms with van der Waals surface area (Å²) in [6.45, 7) is 2.87. The van der Waals surface area contributed by atoms with Crippen LogP contribution in [-0.2, 0) is 0 Å². The molecule has 1 heterocycles. The van der Waals surface area contributed by atoms with Crippen LogP contribution < -0.4 is 5.73 Å². The van der Waals surface area contributed by atoms with Crippen LogP contribution in [0.15, 0.2) is 12.5 Å². The second-order valence-electron chi connectivity index (χ2n) is 2.30. The molecule has 0 fully saturated rings. The average Bonchev–Trinajstić information content (AvgIpc) is 2.52. The maximum absolute atomic E-state index is 5.38. The molecule has 1 aromatic rings. The summed E-state index contributed by atoms with van der Waals surface area (Å²) in [5.74, 6) is 0.994. The lowest BCUT2D eigenvalue weighted by atomic mass is 10.4. The lowest BCUT2D eigenvalue weighted by molar-refractivity contribution is 1.02. The highest BCUT2D eigenvalue weighted by molar-refractivity contribution is 7.99. The summed E-state index contributed by atoms with van der Waals surface area (Å²) in [7, 11) is 0. The number of nitrogens with one attached hydrogen (secondary N) is 1. The molecule has 0 saturated carbocycles. The molecule has 0 amide bonds. The van der Waals surface area contributed by atoms with E-state index in [0.29, 0.717) is 5.25 Å². The van der Waals surface area contributed by atoms with E-state index in [1.54, 1.807) is 6.33 Å². The molecule has 1 atom stereocenters. The molecule has 0 saturated heterocycles. The number of H-pyrrole nitrogens is 1. The largest absolute Gasteiger partial charge is 0.351 e. The molecular weight excluding hydrogens is 158 g/mol. The zero-order chi connectivity index (χ0) is 8.10. The third-order valence-electron chi connectivity index (χ3n) is 1.42. The van der Waals surface area contributed by atoms with Crippen LogP contribution in [-0.4, -0.2) is 22.3 Å². The van der Waals surface area contributed by atoms with Gasteiger partial charge in [0.1, 0.15) is 0 Å². The standard InChI is InChI=1S/C7H13N3S/c1-6(11-3-2-8)7-4-9-5-10-7/h4-6H,2-3,8H2,1H3,(H,9,10). The molecule has 1 aromatic heterocycles. The molecule has 0 aliphatic heterocycles. The minimum absolute atomic E-state index is 0.449. The van der Waals surface area contributed by atoms with Crippen molar-refractivity contribution >= 4 is 11.8 Å². The highest BCUT2D eigenvalue weighted by Crippen LogP contribution is 2.24. The van der Waals surface area contributed by atoms with Gasteiger partial charge in [0.15, 0.2) is 0 Å². The lowest BCUT2D eigenvalue weighted by Crippen LogP contribution is -2.03. The third-order valence-corrected chi connectivity index (χ3v) is 2.63. The third kappa shape index (κ3) is 2.55. The van der Waals surface area contributed by atoms with Crippen molar-refractivity contribution in [1.29, 1.82) is 0 Å². The number of hydrogen-bond acceptors (Lipinski definition) is 3. The minimum atomic E-state index is 0.449. The number of nitrogens with zero attached hydrogens (tertiary/aromatic N) is 1. The Kier molecular flexibility index (Phi) is 3.45. The Hall–Kier alpha value is -0.480. The molecule has 0 aromatic carbocycles. The molecule has 3 N–H and O–H groups in total. The molecule has 62 valence electrons. The molecule has 11 heavy (non-hydrogen) atoms. The van der Waals surface area contributed by atoms with Crippen LogP contribution >= 0.6 is 11.8 Å². The molecule has 0 bridgehead atoms. The summed E-state index contributed by atoms with van der Waals surface area (Å²) in [6, 6.07) is 0. The maximum atomic E-state index is 5.38. The van der Waals surface area contributed by atoms with Crippen LogP contribution in [0.25, 0.3) is 0 Å². The first-order chi connectivity index (χ1) is 5.34. The molecular formula is C7H13N3S. The Labute approximate surface area is 70.8 Å².